The molecule has 2 heterocycles. The third kappa shape index (κ3) is 6.03. The van der Waals surface area contributed by atoms with Crippen molar-refractivity contribution in [2.45, 2.75) is 13.5 Å². The molecule has 0 spiro atoms. The number of rotatable bonds is 7. The van der Waals surface area contributed by atoms with Crippen LogP contribution in [0.15, 0.2) is 23.5 Å². The summed E-state index contributed by atoms with van der Waals surface area (Å²) in [5.41, 5.74) is 0. The van der Waals surface area contributed by atoms with Crippen LogP contribution in [0.3, 0.4) is 0 Å². The second-order valence-corrected chi connectivity index (χ2v) is 5.67. The van der Waals surface area contributed by atoms with Crippen molar-refractivity contribution in [1.29, 1.82) is 0 Å². The average Bonchev–Trinajstić information content (AvgIpc) is 3.04. The van der Waals surface area contributed by atoms with Crippen LogP contribution in [0.1, 0.15) is 6.92 Å². The van der Waals surface area contributed by atoms with Gasteiger partial charge in [0, 0.05) is 58.7 Å². The highest BCUT2D eigenvalue weighted by molar-refractivity contribution is 5.79. The van der Waals surface area contributed by atoms with E-state index in [9.17, 15) is 0 Å². The van der Waals surface area contributed by atoms with Crippen LogP contribution in [0.5, 0.6) is 0 Å². The fourth-order valence-corrected chi connectivity index (χ4v) is 2.44. The second-order valence-electron chi connectivity index (χ2n) is 5.67. The molecule has 1 aliphatic rings. The Balaban J connectivity index is 1.60. The normalized spacial score (nSPS) is 18.2. The molecule has 0 saturated carbocycles. The fraction of sp³-hybridized carbons (Fsp3) is 0.733. The summed E-state index contributed by atoms with van der Waals surface area (Å²) in [4.78, 5) is 6.68. The molecule has 7 nitrogen and oxygen atoms in total. The van der Waals surface area contributed by atoms with Gasteiger partial charge in [-0.1, -0.05) is 6.92 Å². The predicted octanol–water partition coefficient (Wildman–Crippen LogP) is 0.0164. The van der Waals surface area contributed by atoms with Gasteiger partial charge in [-0.2, -0.15) is 5.10 Å². The molecule has 0 bridgehead atoms. The van der Waals surface area contributed by atoms with Gasteiger partial charge in [-0.3, -0.25) is 14.6 Å². The van der Waals surface area contributed by atoms with Crippen molar-refractivity contribution < 1.29 is 4.74 Å². The molecule has 1 atom stereocenters. The highest BCUT2D eigenvalue weighted by Crippen LogP contribution is 1.98. The van der Waals surface area contributed by atoms with Crippen molar-refractivity contribution in [3.63, 3.8) is 0 Å². The number of guanidine groups is 1. The minimum Gasteiger partial charge on any atom is -0.379 e. The molecule has 2 rings (SSSR count). The predicted molar refractivity (Wildman–Crippen MR) is 88.0 cm³/mol. The Labute approximate surface area is 132 Å². The lowest BCUT2D eigenvalue weighted by Crippen LogP contribution is -2.45. The lowest BCUT2D eigenvalue weighted by Gasteiger charge is -2.26. The number of nitrogens with zero attached hydrogens (tertiary/aromatic N) is 4. The van der Waals surface area contributed by atoms with Crippen LogP contribution in [0.4, 0.5) is 0 Å². The van der Waals surface area contributed by atoms with E-state index >= 15 is 0 Å². The van der Waals surface area contributed by atoms with Gasteiger partial charge in [0.2, 0.25) is 0 Å². The minimum absolute atomic E-state index is 0.484. The van der Waals surface area contributed by atoms with E-state index in [1.54, 1.807) is 0 Å². The number of aromatic nitrogens is 2. The van der Waals surface area contributed by atoms with Crippen molar-refractivity contribution >= 4 is 5.96 Å². The smallest absolute Gasteiger partial charge is 0.191 e. The van der Waals surface area contributed by atoms with Crippen LogP contribution in [0.25, 0.3) is 0 Å². The van der Waals surface area contributed by atoms with Gasteiger partial charge >= 0.3 is 0 Å². The highest BCUT2D eigenvalue weighted by Gasteiger charge is 2.10. The molecular formula is C15H28N6O. The molecule has 0 amide bonds. The zero-order valence-corrected chi connectivity index (χ0v) is 13.7. The van der Waals surface area contributed by atoms with Crippen LogP contribution in [0, 0.1) is 5.92 Å². The van der Waals surface area contributed by atoms with E-state index < -0.39 is 0 Å². The molecule has 1 aliphatic heterocycles. The van der Waals surface area contributed by atoms with Crippen LogP contribution >= 0.6 is 0 Å². The lowest BCUT2D eigenvalue weighted by molar-refractivity contribution is 0.0389. The lowest BCUT2D eigenvalue weighted by atomic mass is 10.2. The summed E-state index contributed by atoms with van der Waals surface area (Å²) in [6.45, 7) is 9.64. The van der Waals surface area contributed by atoms with E-state index in [2.05, 4.69) is 32.5 Å². The van der Waals surface area contributed by atoms with Crippen molar-refractivity contribution in [3.8, 4) is 0 Å². The van der Waals surface area contributed by atoms with Gasteiger partial charge in [0.1, 0.15) is 0 Å². The first-order valence-electron chi connectivity index (χ1n) is 8.00. The van der Waals surface area contributed by atoms with Gasteiger partial charge < -0.3 is 15.4 Å². The van der Waals surface area contributed by atoms with Crippen LogP contribution < -0.4 is 10.6 Å². The number of morpholine rings is 1. The standard InChI is InChI=1S/C15H28N6O/c1-14(13-21-6-3-4-19-21)12-18-15(16-2)17-5-7-20-8-10-22-11-9-20/h3-4,6,14H,5,7-13H2,1-2H3,(H2,16,17,18). The van der Waals surface area contributed by atoms with Crippen LogP contribution in [0.2, 0.25) is 0 Å². The summed E-state index contributed by atoms with van der Waals surface area (Å²) in [7, 11) is 1.81. The fourth-order valence-electron chi connectivity index (χ4n) is 2.44. The van der Waals surface area contributed by atoms with Crippen molar-refractivity contribution in [2.24, 2.45) is 10.9 Å². The minimum atomic E-state index is 0.484. The number of aliphatic imine (C=N–C) groups is 1. The van der Waals surface area contributed by atoms with Gasteiger partial charge in [0.05, 0.1) is 13.2 Å². The van der Waals surface area contributed by atoms with E-state index in [-0.39, 0.29) is 0 Å². The zero-order valence-electron chi connectivity index (χ0n) is 13.7. The second kappa shape index (κ2) is 9.42. The average molecular weight is 308 g/mol. The number of hydrogen-bond donors (Lipinski definition) is 2. The Morgan fingerprint density at radius 2 is 2.18 bits per heavy atom. The Morgan fingerprint density at radius 3 is 2.86 bits per heavy atom. The molecule has 0 radical (unpaired) electrons. The summed E-state index contributed by atoms with van der Waals surface area (Å²) in [5, 5.41) is 11.0. The zero-order chi connectivity index (χ0) is 15.6. The van der Waals surface area contributed by atoms with E-state index in [1.165, 1.54) is 0 Å². The van der Waals surface area contributed by atoms with E-state index in [4.69, 9.17) is 4.74 Å². The maximum atomic E-state index is 5.35. The molecule has 1 unspecified atom stereocenters. The van der Waals surface area contributed by atoms with Crippen LogP contribution in [-0.4, -0.2) is 73.6 Å². The summed E-state index contributed by atoms with van der Waals surface area (Å²) >= 11 is 0. The maximum Gasteiger partial charge on any atom is 0.191 e. The molecular weight excluding hydrogens is 280 g/mol. The van der Waals surface area contributed by atoms with Gasteiger partial charge in [0.25, 0.3) is 0 Å². The molecule has 22 heavy (non-hydrogen) atoms. The van der Waals surface area contributed by atoms with Crippen molar-refractivity contribution in [2.75, 3.05) is 53.0 Å². The first-order chi connectivity index (χ1) is 10.8. The molecule has 1 aromatic rings. The number of ether oxygens (including phenoxy) is 1. The molecule has 0 aromatic carbocycles. The quantitative estimate of drug-likeness (QED) is 0.549. The third-order valence-corrected chi connectivity index (χ3v) is 3.72. The molecule has 2 N–H and O–H groups in total. The maximum absolute atomic E-state index is 5.35. The van der Waals surface area contributed by atoms with E-state index in [0.29, 0.717) is 5.92 Å². The van der Waals surface area contributed by atoms with E-state index in [0.717, 1.165) is 58.4 Å². The first kappa shape index (κ1) is 16.8. The van der Waals surface area contributed by atoms with Crippen molar-refractivity contribution in [3.05, 3.63) is 18.5 Å². The van der Waals surface area contributed by atoms with Gasteiger partial charge in [0.15, 0.2) is 5.96 Å². The first-order valence-corrected chi connectivity index (χ1v) is 8.00. The number of nitrogens with one attached hydrogen (secondary N) is 2. The van der Waals surface area contributed by atoms with Crippen molar-refractivity contribution in [1.82, 2.24) is 25.3 Å². The van der Waals surface area contributed by atoms with Gasteiger partial charge in [-0.15, -0.1) is 0 Å². The topological polar surface area (TPSA) is 66.7 Å². The summed E-state index contributed by atoms with van der Waals surface area (Å²) < 4.78 is 7.31. The van der Waals surface area contributed by atoms with Crippen LogP contribution in [-0.2, 0) is 11.3 Å². The SMILES string of the molecule is CN=C(NCCN1CCOCC1)NCC(C)Cn1cccn1. The Kier molecular flexibility index (Phi) is 7.18. The van der Waals surface area contributed by atoms with Gasteiger partial charge in [-0.25, -0.2) is 0 Å². The third-order valence-electron chi connectivity index (χ3n) is 3.72. The highest BCUT2D eigenvalue weighted by atomic mass is 16.5. The summed E-state index contributed by atoms with van der Waals surface area (Å²) in [6.07, 6.45) is 3.80. The molecule has 1 fully saturated rings. The molecule has 0 aliphatic carbocycles. The Morgan fingerprint density at radius 1 is 1.36 bits per heavy atom. The molecule has 1 saturated heterocycles. The monoisotopic (exact) mass is 308 g/mol. The number of hydrogen-bond acceptors (Lipinski definition) is 4. The largest absolute Gasteiger partial charge is 0.379 e. The summed E-state index contributed by atoms with van der Waals surface area (Å²) in [6, 6.07) is 1.95. The Bertz CT molecular complexity index is 427. The molecule has 124 valence electrons. The van der Waals surface area contributed by atoms with Gasteiger partial charge in [-0.05, 0) is 12.0 Å². The summed E-state index contributed by atoms with van der Waals surface area (Å²) in [5.74, 6) is 1.35. The Hall–Kier alpha value is -1.60. The molecule has 1 aromatic heterocycles. The van der Waals surface area contributed by atoms with E-state index in [1.807, 2.05) is 30.2 Å². The molecule has 7 heteroatoms.